The smallest absolute Gasteiger partial charge is 0.222 e. The van der Waals surface area contributed by atoms with E-state index in [1.54, 1.807) is 0 Å². The summed E-state index contributed by atoms with van der Waals surface area (Å²) in [4.78, 5) is 13.7. The van der Waals surface area contributed by atoms with Crippen LogP contribution in [0.3, 0.4) is 0 Å². The van der Waals surface area contributed by atoms with Crippen molar-refractivity contribution in [2.75, 3.05) is 19.7 Å². The Hall–Kier alpha value is -0.610. The van der Waals surface area contributed by atoms with Gasteiger partial charge in [0.25, 0.3) is 0 Å². The number of carbonyl (C=O) groups is 1. The third-order valence-electron chi connectivity index (χ3n) is 3.77. The zero-order valence-corrected chi connectivity index (χ0v) is 10.1. The van der Waals surface area contributed by atoms with Crippen molar-refractivity contribution in [3.63, 3.8) is 0 Å². The zero-order chi connectivity index (χ0) is 11.6. The first-order chi connectivity index (χ1) is 7.63. The highest BCUT2D eigenvalue weighted by molar-refractivity contribution is 5.77. The van der Waals surface area contributed by atoms with Gasteiger partial charge >= 0.3 is 0 Å². The maximum Gasteiger partial charge on any atom is 0.222 e. The largest absolute Gasteiger partial charge is 0.378 e. The fourth-order valence-electron chi connectivity index (χ4n) is 2.43. The topological polar surface area (TPSA) is 55.6 Å². The standard InChI is InChI=1S/C12H22N2O2/c1-2-12(13)8-14(9-12)11(15)6-5-10-4-3-7-16-10/h10H,2-9,13H2,1H3. The second kappa shape index (κ2) is 4.72. The molecular weight excluding hydrogens is 204 g/mol. The van der Waals surface area contributed by atoms with Crippen LogP contribution >= 0.6 is 0 Å². The Morgan fingerprint density at radius 3 is 2.88 bits per heavy atom. The summed E-state index contributed by atoms with van der Waals surface area (Å²) in [6.07, 6.45) is 5.01. The molecule has 1 amide bonds. The van der Waals surface area contributed by atoms with Crippen LogP contribution in [-0.4, -0.2) is 42.1 Å². The zero-order valence-electron chi connectivity index (χ0n) is 10.1. The van der Waals surface area contributed by atoms with E-state index in [-0.39, 0.29) is 11.4 Å². The Labute approximate surface area is 97.1 Å². The SMILES string of the molecule is CCC1(N)CN(C(=O)CCC2CCCO2)C1. The first kappa shape index (κ1) is 11.9. The molecule has 16 heavy (non-hydrogen) atoms. The molecule has 0 saturated carbocycles. The fraction of sp³-hybridized carbons (Fsp3) is 0.917. The van der Waals surface area contributed by atoms with Crippen LogP contribution < -0.4 is 5.73 Å². The highest BCUT2D eigenvalue weighted by Gasteiger charge is 2.40. The molecule has 92 valence electrons. The Morgan fingerprint density at radius 1 is 1.56 bits per heavy atom. The minimum absolute atomic E-state index is 0.112. The molecule has 2 N–H and O–H groups in total. The van der Waals surface area contributed by atoms with Gasteiger partial charge in [0.05, 0.1) is 11.6 Å². The summed E-state index contributed by atoms with van der Waals surface area (Å²) < 4.78 is 5.50. The van der Waals surface area contributed by atoms with Crippen molar-refractivity contribution in [2.45, 2.75) is 50.7 Å². The number of amides is 1. The van der Waals surface area contributed by atoms with E-state index in [1.165, 1.54) is 0 Å². The first-order valence-corrected chi connectivity index (χ1v) is 6.31. The van der Waals surface area contributed by atoms with E-state index in [0.29, 0.717) is 12.5 Å². The van der Waals surface area contributed by atoms with E-state index >= 15 is 0 Å². The second-order valence-corrected chi connectivity index (χ2v) is 5.14. The molecule has 1 atom stereocenters. The molecule has 2 aliphatic rings. The van der Waals surface area contributed by atoms with Crippen LogP contribution in [0, 0.1) is 0 Å². The van der Waals surface area contributed by atoms with E-state index in [4.69, 9.17) is 10.5 Å². The van der Waals surface area contributed by atoms with Gasteiger partial charge in [-0.05, 0) is 25.7 Å². The van der Waals surface area contributed by atoms with Crippen LogP contribution in [0.2, 0.25) is 0 Å². The van der Waals surface area contributed by atoms with Gasteiger partial charge in [-0.15, -0.1) is 0 Å². The van der Waals surface area contributed by atoms with Gasteiger partial charge in [0.2, 0.25) is 5.91 Å². The number of nitrogens with zero attached hydrogens (tertiary/aromatic N) is 1. The molecule has 0 bridgehead atoms. The van der Waals surface area contributed by atoms with Crippen molar-refractivity contribution in [3.05, 3.63) is 0 Å². The Bertz CT molecular complexity index is 256. The summed E-state index contributed by atoms with van der Waals surface area (Å²) >= 11 is 0. The summed E-state index contributed by atoms with van der Waals surface area (Å²) in [7, 11) is 0. The van der Waals surface area contributed by atoms with Crippen LogP contribution in [-0.2, 0) is 9.53 Å². The summed E-state index contributed by atoms with van der Waals surface area (Å²) in [6.45, 7) is 4.40. The average molecular weight is 226 g/mol. The lowest BCUT2D eigenvalue weighted by Crippen LogP contribution is -2.68. The number of rotatable bonds is 4. The molecule has 0 spiro atoms. The number of likely N-dealkylation sites (tertiary alicyclic amines) is 1. The number of hydrogen-bond donors (Lipinski definition) is 1. The minimum Gasteiger partial charge on any atom is -0.378 e. The molecule has 2 heterocycles. The number of nitrogens with two attached hydrogens (primary N) is 1. The third kappa shape index (κ3) is 2.55. The Balaban J connectivity index is 1.65. The van der Waals surface area contributed by atoms with Gasteiger partial charge in [-0.25, -0.2) is 0 Å². The van der Waals surface area contributed by atoms with Crippen molar-refractivity contribution in [2.24, 2.45) is 5.73 Å². The maximum absolute atomic E-state index is 11.8. The molecule has 2 saturated heterocycles. The van der Waals surface area contributed by atoms with Crippen LogP contribution in [0.15, 0.2) is 0 Å². The predicted molar refractivity (Wildman–Crippen MR) is 62.0 cm³/mol. The Kier molecular flexibility index (Phi) is 3.50. The molecule has 1 unspecified atom stereocenters. The van der Waals surface area contributed by atoms with Crippen LogP contribution in [0.25, 0.3) is 0 Å². The van der Waals surface area contributed by atoms with Crippen molar-refractivity contribution in [1.29, 1.82) is 0 Å². The van der Waals surface area contributed by atoms with Crippen LogP contribution in [0.1, 0.15) is 39.0 Å². The van der Waals surface area contributed by atoms with E-state index in [0.717, 1.165) is 45.4 Å². The highest BCUT2D eigenvalue weighted by Crippen LogP contribution is 2.23. The van der Waals surface area contributed by atoms with Gasteiger partial charge in [-0.3, -0.25) is 4.79 Å². The normalized spacial score (nSPS) is 27.9. The summed E-state index contributed by atoms with van der Waals surface area (Å²) in [5.74, 6) is 0.241. The molecule has 2 rings (SSSR count). The van der Waals surface area contributed by atoms with Gasteiger partial charge in [0.1, 0.15) is 0 Å². The number of ether oxygens (including phenoxy) is 1. The summed E-state index contributed by atoms with van der Waals surface area (Å²) in [5.41, 5.74) is 5.92. The average Bonchev–Trinajstić information content (AvgIpc) is 2.74. The molecule has 0 aromatic heterocycles. The van der Waals surface area contributed by atoms with Gasteiger partial charge in [0.15, 0.2) is 0 Å². The molecule has 2 fully saturated rings. The fourth-order valence-corrected chi connectivity index (χ4v) is 2.43. The van der Waals surface area contributed by atoms with Gasteiger partial charge in [0, 0.05) is 26.1 Å². The van der Waals surface area contributed by atoms with E-state index < -0.39 is 0 Å². The van der Waals surface area contributed by atoms with E-state index in [9.17, 15) is 4.79 Å². The van der Waals surface area contributed by atoms with Crippen LogP contribution in [0.4, 0.5) is 0 Å². The monoisotopic (exact) mass is 226 g/mol. The molecule has 0 aromatic carbocycles. The first-order valence-electron chi connectivity index (χ1n) is 6.31. The molecule has 0 aliphatic carbocycles. The molecule has 0 radical (unpaired) electrons. The quantitative estimate of drug-likeness (QED) is 0.774. The molecular formula is C12H22N2O2. The molecule has 2 aliphatic heterocycles. The van der Waals surface area contributed by atoms with Gasteiger partial charge in [-0.2, -0.15) is 0 Å². The molecule has 0 aromatic rings. The van der Waals surface area contributed by atoms with E-state index in [2.05, 4.69) is 6.92 Å². The number of carbonyl (C=O) groups excluding carboxylic acids is 1. The van der Waals surface area contributed by atoms with Crippen molar-refractivity contribution in [3.8, 4) is 0 Å². The van der Waals surface area contributed by atoms with Crippen LogP contribution in [0.5, 0.6) is 0 Å². The van der Waals surface area contributed by atoms with Gasteiger partial charge < -0.3 is 15.4 Å². The van der Waals surface area contributed by atoms with Crippen molar-refractivity contribution >= 4 is 5.91 Å². The van der Waals surface area contributed by atoms with E-state index in [1.807, 2.05) is 4.90 Å². The van der Waals surface area contributed by atoms with Gasteiger partial charge in [-0.1, -0.05) is 6.92 Å². The van der Waals surface area contributed by atoms with Crippen molar-refractivity contribution < 1.29 is 9.53 Å². The molecule has 4 heteroatoms. The summed E-state index contributed by atoms with van der Waals surface area (Å²) in [6, 6.07) is 0. The lowest BCUT2D eigenvalue weighted by molar-refractivity contribution is -0.139. The summed E-state index contributed by atoms with van der Waals surface area (Å²) in [5, 5.41) is 0. The van der Waals surface area contributed by atoms with Crippen molar-refractivity contribution in [1.82, 2.24) is 4.90 Å². The molecule has 4 nitrogen and oxygen atoms in total. The maximum atomic E-state index is 11.8. The second-order valence-electron chi connectivity index (χ2n) is 5.14. The third-order valence-corrected chi connectivity index (χ3v) is 3.77. The lowest BCUT2D eigenvalue weighted by atomic mass is 9.88. The predicted octanol–water partition coefficient (Wildman–Crippen LogP) is 0.895. The highest BCUT2D eigenvalue weighted by atomic mass is 16.5. The lowest BCUT2D eigenvalue weighted by Gasteiger charge is -2.47. The minimum atomic E-state index is -0.112. The Morgan fingerprint density at radius 2 is 2.31 bits per heavy atom. The number of hydrogen-bond acceptors (Lipinski definition) is 3.